The molecule has 4 atom stereocenters. The van der Waals surface area contributed by atoms with Gasteiger partial charge in [0.2, 0.25) is 0 Å². The SMILES string of the molecule is C=C1CCC2OC2(C)CC=C2C(C(C)C)C(=O)CC2(C)CC1=O. The topological polar surface area (TPSA) is 46.7 Å². The van der Waals surface area contributed by atoms with Crippen molar-refractivity contribution >= 4 is 11.6 Å². The second-order valence-corrected chi connectivity index (χ2v) is 8.45. The fraction of sp³-hybridized carbons (Fsp3) is 0.700. The minimum Gasteiger partial charge on any atom is -0.366 e. The number of hydrogen-bond acceptors (Lipinski definition) is 3. The van der Waals surface area contributed by atoms with Crippen LogP contribution in [0.3, 0.4) is 0 Å². The number of Topliss-reactive ketones (excluding diaryl/α,β-unsaturated/α-hetero) is 2. The Labute approximate surface area is 139 Å². The molecule has 3 aliphatic rings. The number of allylic oxidation sites excluding steroid dienone is 2. The average Bonchev–Trinajstić information content (AvgIpc) is 3.01. The molecule has 0 spiro atoms. The number of epoxide rings is 1. The normalized spacial score (nSPS) is 41.3. The number of ketones is 2. The fourth-order valence-corrected chi connectivity index (χ4v) is 4.49. The van der Waals surface area contributed by atoms with E-state index in [4.69, 9.17) is 4.74 Å². The predicted molar refractivity (Wildman–Crippen MR) is 90.0 cm³/mol. The van der Waals surface area contributed by atoms with Crippen LogP contribution < -0.4 is 0 Å². The van der Waals surface area contributed by atoms with Crippen molar-refractivity contribution < 1.29 is 14.3 Å². The summed E-state index contributed by atoms with van der Waals surface area (Å²) in [7, 11) is 0. The summed E-state index contributed by atoms with van der Waals surface area (Å²) < 4.78 is 5.88. The first-order valence-corrected chi connectivity index (χ1v) is 8.78. The third-order valence-corrected chi connectivity index (χ3v) is 6.03. The highest BCUT2D eigenvalue weighted by Gasteiger charge is 2.53. The monoisotopic (exact) mass is 316 g/mol. The van der Waals surface area contributed by atoms with Crippen molar-refractivity contribution in [2.45, 2.75) is 71.5 Å². The van der Waals surface area contributed by atoms with Gasteiger partial charge in [-0.1, -0.05) is 39.0 Å². The number of carbonyl (C=O) groups excluding carboxylic acids is 2. The summed E-state index contributed by atoms with van der Waals surface area (Å²) in [6, 6.07) is 0. The van der Waals surface area contributed by atoms with Crippen molar-refractivity contribution in [1.29, 1.82) is 0 Å². The molecule has 1 saturated carbocycles. The molecule has 0 aromatic rings. The van der Waals surface area contributed by atoms with Gasteiger partial charge in [0.15, 0.2) is 5.78 Å². The standard InChI is InChI=1S/C20H28O3/c1-12(2)18-14-8-9-20(5)17(23-20)7-6-13(3)15(21)10-19(14,4)11-16(18)22/h8,12,17-18H,3,6-7,9-11H2,1-2,4-5H3. The molecule has 3 rings (SSSR count). The lowest BCUT2D eigenvalue weighted by molar-refractivity contribution is -0.121. The van der Waals surface area contributed by atoms with Crippen LogP contribution in [0.15, 0.2) is 23.8 Å². The van der Waals surface area contributed by atoms with Crippen molar-refractivity contribution in [3.8, 4) is 0 Å². The predicted octanol–water partition coefficient (Wildman–Crippen LogP) is 4.02. The molecular formula is C20H28O3. The zero-order chi connectivity index (χ0) is 17.0. The Hall–Kier alpha value is -1.22. The van der Waals surface area contributed by atoms with Gasteiger partial charge in [0.25, 0.3) is 0 Å². The van der Waals surface area contributed by atoms with Crippen molar-refractivity contribution in [3.05, 3.63) is 23.8 Å². The number of hydrogen-bond donors (Lipinski definition) is 0. The van der Waals surface area contributed by atoms with Crippen LogP contribution in [0.2, 0.25) is 0 Å². The van der Waals surface area contributed by atoms with E-state index < -0.39 is 0 Å². The summed E-state index contributed by atoms with van der Waals surface area (Å²) in [6.45, 7) is 12.4. The quantitative estimate of drug-likeness (QED) is 0.417. The van der Waals surface area contributed by atoms with Crippen LogP contribution in [0.4, 0.5) is 0 Å². The molecule has 126 valence electrons. The van der Waals surface area contributed by atoms with E-state index in [0.29, 0.717) is 24.8 Å². The highest BCUT2D eigenvalue weighted by molar-refractivity contribution is 5.97. The molecule has 0 aromatic carbocycles. The lowest BCUT2D eigenvalue weighted by Gasteiger charge is -2.28. The molecule has 0 bridgehead atoms. The number of fused-ring (bicyclic) bond motifs is 2. The van der Waals surface area contributed by atoms with Gasteiger partial charge in [-0.25, -0.2) is 0 Å². The van der Waals surface area contributed by atoms with Gasteiger partial charge in [-0.05, 0) is 37.7 Å². The minimum absolute atomic E-state index is 0.0531. The van der Waals surface area contributed by atoms with E-state index >= 15 is 0 Å². The zero-order valence-electron chi connectivity index (χ0n) is 14.8. The molecule has 1 aliphatic heterocycles. The molecule has 23 heavy (non-hydrogen) atoms. The summed E-state index contributed by atoms with van der Waals surface area (Å²) in [6.07, 6.45) is 5.72. The van der Waals surface area contributed by atoms with Gasteiger partial charge in [0.1, 0.15) is 5.78 Å². The summed E-state index contributed by atoms with van der Waals surface area (Å²) in [5.41, 5.74) is 1.37. The summed E-state index contributed by atoms with van der Waals surface area (Å²) in [5, 5.41) is 0. The maximum Gasteiger partial charge on any atom is 0.159 e. The average molecular weight is 316 g/mol. The molecule has 0 radical (unpaired) electrons. The molecule has 1 saturated heterocycles. The molecule has 4 unspecified atom stereocenters. The fourth-order valence-electron chi connectivity index (χ4n) is 4.49. The van der Waals surface area contributed by atoms with Gasteiger partial charge in [-0.15, -0.1) is 0 Å². The van der Waals surface area contributed by atoms with Gasteiger partial charge in [0.05, 0.1) is 11.7 Å². The van der Waals surface area contributed by atoms with Gasteiger partial charge in [0, 0.05) is 24.2 Å². The Kier molecular flexibility index (Phi) is 3.91. The Balaban J connectivity index is 2.00. The number of ether oxygens (including phenoxy) is 1. The van der Waals surface area contributed by atoms with Crippen molar-refractivity contribution in [1.82, 2.24) is 0 Å². The third-order valence-electron chi connectivity index (χ3n) is 6.03. The van der Waals surface area contributed by atoms with E-state index in [1.807, 2.05) is 0 Å². The first-order valence-electron chi connectivity index (χ1n) is 8.78. The van der Waals surface area contributed by atoms with Gasteiger partial charge in [-0.3, -0.25) is 9.59 Å². The van der Waals surface area contributed by atoms with E-state index in [0.717, 1.165) is 18.4 Å². The largest absolute Gasteiger partial charge is 0.366 e. The molecule has 0 amide bonds. The second kappa shape index (κ2) is 5.41. The summed E-state index contributed by atoms with van der Waals surface area (Å²) in [5.74, 6) is 0.604. The maximum absolute atomic E-state index is 12.6. The lowest BCUT2D eigenvalue weighted by atomic mass is 9.75. The molecule has 0 aromatic heterocycles. The Morgan fingerprint density at radius 3 is 2.61 bits per heavy atom. The third kappa shape index (κ3) is 2.84. The highest BCUT2D eigenvalue weighted by Crippen LogP contribution is 2.52. The Morgan fingerprint density at radius 1 is 1.26 bits per heavy atom. The molecule has 1 heterocycles. The summed E-state index contributed by atoms with van der Waals surface area (Å²) in [4.78, 5) is 25.2. The molecule has 2 fully saturated rings. The van der Waals surface area contributed by atoms with Crippen LogP contribution >= 0.6 is 0 Å². The Morgan fingerprint density at radius 2 is 1.96 bits per heavy atom. The van der Waals surface area contributed by atoms with Crippen molar-refractivity contribution in [2.24, 2.45) is 17.3 Å². The van der Waals surface area contributed by atoms with Crippen molar-refractivity contribution in [2.75, 3.05) is 0 Å². The van der Waals surface area contributed by atoms with E-state index in [1.165, 1.54) is 0 Å². The summed E-state index contributed by atoms with van der Waals surface area (Å²) >= 11 is 0. The molecule has 3 nitrogen and oxygen atoms in total. The van der Waals surface area contributed by atoms with Crippen LogP contribution in [-0.2, 0) is 14.3 Å². The van der Waals surface area contributed by atoms with Gasteiger partial charge in [-0.2, -0.15) is 0 Å². The van der Waals surface area contributed by atoms with Crippen molar-refractivity contribution in [3.63, 3.8) is 0 Å². The van der Waals surface area contributed by atoms with Gasteiger partial charge < -0.3 is 4.74 Å². The molecular weight excluding hydrogens is 288 g/mol. The van der Waals surface area contributed by atoms with E-state index in [-0.39, 0.29) is 40.5 Å². The van der Waals surface area contributed by atoms with E-state index in [2.05, 4.69) is 40.3 Å². The van der Waals surface area contributed by atoms with E-state index in [1.54, 1.807) is 0 Å². The lowest BCUT2D eigenvalue weighted by Crippen LogP contribution is -2.23. The van der Waals surface area contributed by atoms with Crippen LogP contribution in [0.1, 0.15) is 59.8 Å². The van der Waals surface area contributed by atoms with Crippen LogP contribution in [0.25, 0.3) is 0 Å². The maximum atomic E-state index is 12.6. The smallest absolute Gasteiger partial charge is 0.159 e. The van der Waals surface area contributed by atoms with Crippen LogP contribution in [0, 0.1) is 17.3 Å². The zero-order valence-corrected chi connectivity index (χ0v) is 14.8. The van der Waals surface area contributed by atoms with E-state index in [9.17, 15) is 9.59 Å². The first kappa shape index (κ1) is 16.6. The molecule has 0 N–H and O–H groups in total. The second-order valence-electron chi connectivity index (χ2n) is 8.45. The molecule has 3 heteroatoms. The minimum atomic E-state index is -0.350. The first-order chi connectivity index (χ1) is 10.7. The van der Waals surface area contributed by atoms with Crippen LogP contribution in [0.5, 0.6) is 0 Å². The van der Waals surface area contributed by atoms with Crippen LogP contribution in [-0.4, -0.2) is 23.3 Å². The number of rotatable bonds is 1. The highest BCUT2D eigenvalue weighted by atomic mass is 16.6. The molecule has 2 aliphatic carbocycles. The van der Waals surface area contributed by atoms with Gasteiger partial charge >= 0.3 is 0 Å². The Bertz CT molecular complexity index is 600. The number of carbonyl (C=O) groups is 2.